The van der Waals surface area contributed by atoms with Crippen LogP contribution in [0.2, 0.25) is 0 Å². The molecule has 1 heterocycles. The third-order valence-electron chi connectivity index (χ3n) is 5.18. The minimum absolute atomic E-state index is 0.0310. The van der Waals surface area contributed by atoms with Crippen molar-refractivity contribution < 1.29 is 19.1 Å². The summed E-state index contributed by atoms with van der Waals surface area (Å²) in [5.74, 6) is 1.63. The second-order valence-corrected chi connectivity index (χ2v) is 8.36. The highest BCUT2D eigenvalue weighted by Gasteiger charge is 2.40. The summed E-state index contributed by atoms with van der Waals surface area (Å²) in [6, 6.07) is 0. The Morgan fingerprint density at radius 1 is 1.33 bits per heavy atom. The van der Waals surface area contributed by atoms with Gasteiger partial charge in [-0.1, -0.05) is 30.4 Å². The van der Waals surface area contributed by atoms with Crippen molar-refractivity contribution >= 4 is 46.1 Å². The Kier molecular flexibility index (Phi) is 5.76. The van der Waals surface area contributed by atoms with Crippen LogP contribution in [0.4, 0.5) is 0 Å². The topological polar surface area (TPSA) is 75.7 Å². The first kappa shape index (κ1) is 17.7. The van der Waals surface area contributed by atoms with Crippen molar-refractivity contribution in [1.82, 2.24) is 10.2 Å². The van der Waals surface area contributed by atoms with E-state index >= 15 is 0 Å². The number of carbonyl (C=O) groups excluding carboxylic acids is 3. The highest BCUT2D eigenvalue weighted by atomic mass is 32.2. The van der Waals surface area contributed by atoms with Gasteiger partial charge in [0, 0.05) is 19.5 Å². The van der Waals surface area contributed by atoms with Gasteiger partial charge in [-0.05, 0) is 37.0 Å². The van der Waals surface area contributed by atoms with Crippen LogP contribution < -0.4 is 5.32 Å². The molecule has 0 aromatic heterocycles. The first-order valence-corrected chi connectivity index (χ1v) is 9.81. The predicted octanol–water partition coefficient (Wildman–Crippen LogP) is 1.33. The normalized spacial score (nSPS) is 28.5. The molecule has 3 aliphatic rings. The van der Waals surface area contributed by atoms with Gasteiger partial charge in [-0.3, -0.25) is 19.3 Å². The Labute approximate surface area is 151 Å². The molecule has 2 bridgehead atoms. The monoisotopic (exact) mass is 370 g/mol. The molecule has 3 atom stereocenters. The van der Waals surface area contributed by atoms with E-state index in [4.69, 9.17) is 17.0 Å². The van der Waals surface area contributed by atoms with E-state index in [9.17, 15) is 14.4 Å². The number of nitrogens with zero attached hydrogens (tertiary/aromatic N) is 1. The number of esters is 1. The molecule has 24 heavy (non-hydrogen) atoms. The lowest BCUT2D eigenvalue weighted by molar-refractivity contribution is -0.149. The highest BCUT2D eigenvalue weighted by molar-refractivity contribution is 8.23. The van der Waals surface area contributed by atoms with E-state index in [0.29, 0.717) is 41.4 Å². The molecule has 2 amide bonds. The van der Waals surface area contributed by atoms with Gasteiger partial charge in [-0.25, -0.2) is 0 Å². The number of nitrogens with one attached hydrogen (secondary N) is 1. The number of hydrogen-bond acceptors (Lipinski definition) is 6. The predicted molar refractivity (Wildman–Crippen MR) is 94.3 cm³/mol. The number of ether oxygens (including phenoxy) is 1. The Bertz CT molecular complexity index is 538. The van der Waals surface area contributed by atoms with Gasteiger partial charge in [0.1, 0.15) is 4.32 Å². The molecule has 0 aromatic rings. The number of fused-ring (bicyclic) bond motifs is 2. The number of hydrogen-bond donors (Lipinski definition) is 1. The Hall–Kier alpha value is -1.15. The molecule has 1 aliphatic heterocycles. The van der Waals surface area contributed by atoms with Crippen molar-refractivity contribution in [3.63, 3.8) is 0 Å². The van der Waals surface area contributed by atoms with Gasteiger partial charge in [0.25, 0.3) is 5.91 Å². The Morgan fingerprint density at radius 2 is 2.17 bits per heavy atom. The number of thiocarbonyl (C=S) groups is 1. The van der Waals surface area contributed by atoms with Gasteiger partial charge in [-0.15, -0.1) is 0 Å². The van der Waals surface area contributed by atoms with Crippen molar-refractivity contribution in [3.05, 3.63) is 0 Å². The zero-order valence-corrected chi connectivity index (χ0v) is 15.1. The molecular formula is C16H22N2O4S2. The molecule has 0 spiro atoms. The molecular weight excluding hydrogens is 348 g/mol. The van der Waals surface area contributed by atoms with Crippen LogP contribution in [0.5, 0.6) is 0 Å². The van der Waals surface area contributed by atoms with Crippen LogP contribution in [0.1, 0.15) is 32.1 Å². The fourth-order valence-corrected chi connectivity index (χ4v) is 5.12. The molecule has 1 saturated heterocycles. The average molecular weight is 370 g/mol. The van der Waals surface area contributed by atoms with Crippen LogP contribution >= 0.6 is 24.0 Å². The molecule has 2 aliphatic carbocycles. The standard InChI is InChI=1S/C16H22N2O4S2/c19-13(17-3-4-18-14(20)9-24-16(18)23)8-22-15(21)7-12-6-10-1-2-11(12)5-10/h10-12H,1-9H2,(H,17,19)/t10-,11+,12+/m0/s1. The van der Waals surface area contributed by atoms with Gasteiger partial charge in [0.2, 0.25) is 5.91 Å². The maximum absolute atomic E-state index is 11.9. The highest BCUT2D eigenvalue weighted by Crippen LogP contribution is 2.49. The summed E-state index contributed by atoms with van der Waals surface area (Å²) in [5, 5.41) is 2.65. The zero-order valence-electron chi connectivity index (χ0n) is 13.5. The number of amides is 2. The maximum Gasteiger partial charge on any atom is 0.306 e. The average Bonchev–Trinajstić information content (AvgIpc) is 3.24. The van der Waals surface area contributed by atoms with E-state index in [0.717, 1.165) is 12.3 Å². The van der Waals surface area contributed by atoms with Gasteiger partial charge >= 0.3 is 5.97 Å². The number of thioether (sulfide) groups is 1. The van der Waals surface area contributed by atoms with Crippen LogP contribution in [0.15, 0.2) is 0 Å². The van der Waals surface area contributed by atoms with Gasteiger partial charge in [-0.2, -0.15) is 0 Å². The van der Waals surface area contributed by atoms with Crippen LogP contribution in [0, 0.1) is 17.8 Å². The fourth-order valence-electron chi connectivity index (χ4n) is 4.00. The minimum Gasteiger partial charge on any atom is -0.456 e. The van der Waals surface area contributed by atoms with Crippen molar-refractivity contribution in [3.8, 4) is 0 Å². The summed E-state index contributed by atoms with van der Waals surface area (Å²) in [6.07, 6.45) is 5.36. The molecule has 1 N–H and O–H groups in total. The zero-order chi connectivity index (χ0) is 17.1. The molecule has 0 unspecified atom stereocenters. The quantitative estimate of drug-likeness (QED) is 0.538. The summed E-state index contributed by atoms with van der Waals surface area (Å²) in [5.41, 5.74) is 0. The lowest BCUT2D eigenvalue weighted by Gasteiger charge is -2.20. The van der Waals surface area contributed by atoms with Gasteiger partial charge in [0.05, 0.1) is 5.75 Å². The maximum atomic E-state index is 11.9. The molecule has 3 rings (SSSR count). The molecule has 6 nitrogen and oxygen atoms in total. The molecule has 8 heteroatoms. The van der Waals surface area contributed by atoms with E-state index in [2.05, 4.69) is 5.32 Å². The van der Waals surface area contributed by atoms with Crippen LogP contribution in [-0.2, 0) is 19.1 Å². The van der Waals surface area contributed by atoms with Gasteiger partial charge in [0.15, 0.2) is 6.61 Å². The minimum atomic E-state index is -0.346. The van der Waals surface area contributed by atoms with Crippen LogP contribution in [-0.4, -0.2) is 52.5 Å². The third-order valence-corrected chi connectivity index (χ3v) is 6.61. The molecule has 2 saturated carbocycles. The molecule has 0 aromatic carbocycles. The number of carbonyl (C=O) groups is 3. The second kappa shape index (κ2) is 7.82. The van der Waals surface area contributed by atoms with Crippen LogP contribution in [0.25, 0.3) is 0 Å². The molecule has 3 fully saturated rings. The summed E-state index contributed by atoms with van der Waals surface area (Å²) in [6.45, 7) is 0.400. The first-order valence-electron chi connectivity index (χ1n) is 8.42. The van der Waals surface area contributed by atoms with Crippen molar-refractivity contribution in [1.29, 1.82) is 0 Å². The van der Waals surface area contributed by atoms with E-state index in [-0.39, 0.29) is 24.4 Å². The van der Waals surface area contributed by atoms with E-state index < -0.39 is 0 Å². The van der Waals surface area contributed by atoms with Crippen LogP contribution in [0.3, 0.4) is 0 Å². The Morgan fingerprint density at radius 3 is 2.79 bits per heavy atom. The summed E-state index contributed by atoms with van der Waals surface area (Å²) >= 11 is 6.39. The fraction of sp³-hybridized carbons (Fsp3) is 0.750. The van der Waals surface area contributed by atoms with E-state index in [1.165, 1.54) is 35.9 Å². The lowest BCUT2D eigenvalue weighted by atomic mass is 9.86. The van der Waals surface area contributed by atoms with E-state index in [1.807, 2.05) is 0 Å². The first-order chi connectivity index (χ1) is 11.5. The molecule has 132 valence electrons. The SMILES string of the molecule is O=C(COC(=O)C[C@H]1C[C@H]2CC[C@@H]1C2)NCCN1C(=O)CSC1=S. The summed E-state index contributed by atoms with van der Waals surface area (Å²) < 4.78 is 5.62. The van der Waals surface area contributed by atoms with Crippen molar-refractivity contribution in [2.24, 2.45) is 17.8 Å². The lowest BCUT2D eigenvalue weighted by Crippen LogP contribution is -2.38. The van der Waals surface area contributed by atoms with Gasteiger partial charge < -0.3 is 10.1 Å². The smallest absolute Gasteiger partial charge is 0.306 e. The largest absolute Gasteiger partial charge is 0.456 e. The summed E-state index contributed by atoms with van der Waals surface area (Å²) in [7, 11) is 0. The van der Waals surface area contributed by atoms with E-state index in [1.54, 1.807) is 0 Å². The van der Waals surface area contributed by atoms with Crippen molar-refractivity contribution in [2.75, 3.05) is 25.4 Å². The number of rotatable bonds is 7. The third kappa shape index (κ3) is 4.27. The Balaban J connectivity index is 1.29. The second-order valence-electron chi connectivity index (χ2n) is 6.75. The summed E-state index contributed by atoms with van der Waals surface area (Å²) in [4.78, 5) is 36.6. The van der Waals surface area contributed by atoms with Crippen molar-refractivity contribution in [2.45, 2.75) is 32.1 Å². The molecule has 0 radical (unpaired) electrons.